The van der Waals surface area contributed by atoms with Crippen LogP contribution in [0.5, 0.6) is 0 Å². The van der Waals surface area contributed by atoms with Gasteiger partial charge in [-0.1, -0.05) is 0 Å². The van der Waals surface area contributed by atoms with E-state index in [2.05, 4.69) is 10.2 Å². The number of nitrogens with two attached hydrogens (primary N) is 1. The van der Waals surface area contributed by atoms with Crippen LogP contribution in [0, 0.1) is 5.92 Å². The largest absolute Gasteiger partial charge is 0.340 e. The molecule has 1 aromatic heterocycles. The highest BCUT2D eigenvalue weighted by molar-refractivity contribution is 6.00. The summed E-state index contributed by atoms with van der Waals surface area (Å²) in [5.74, 6) is -0.200. The lowest BCUT2D eigenvalue weighted by Crippen LogP contribution is -2.50. The number of amides is 2. The van der Waals surface area contributed by atoms with E-state index < -0.39 is 0 Å². The van der Waals surface area contributed by atoms with E-state index >= 15 is 0 Å². The molecule has 21 heavy (non-hydrogen) atoms. The van der Waals surface area contributed by atoms with E-state index in [-0.39, 0.29) is 36.2 Å². The molecule has 3 rings (SSSR count). The maximum Gasteiger partial charge on any atom is 0.228 e. The molecule has 3 N–H and O–H groups in total. The van der Waals surface area contributed by atoms with Crippen molar-refractivity contribution in [3.63, 3.8) is 0 Å². The van der Waals surface area contributed by atoms with Crippen molar-refractivity contribution < 1.29 is 9.59 Å². The molecule has 2 saturated heterocycles. The highest BCUT2D eigenvalue weighted by atomic mass is 16.2. The van der Waals surface area contributed by atoms with Crippen LogP contribution in [0.1, 0.15) is 26.2 Å². The Balaban J connectivity index is 1.68. The van der Waals surface area contributed by atoms with Crippen molar-refractivity contribution in [1.29, 1.82) is 0 Å². The van der Waals surface area contributed by atoms with Crippen molar-refractivity contribution in [3.05, 3.63) is 12.4 Å². The number of piperidine rings is 1. The van der Waals surface area contributed by atoms with Crippen molar-refractivity contribution in [2.45, 2.75) is 38.3 Å². The Morgan fingerprint density at radius 2 is 2.33 bits per heavy atom. The standard InChI is InChI=1S/C14H21N5O2/c1-9-4-11(15)2-3-18(9)14(21)10-5-13(20)19(8-10)12-6-16-17-7-12/h6-7,9-11H,2-5,8,15H2,1H3,(H,16,17)/t9-,10-,11-/m1/s1. The van der Waals surface area contributed by atoms with Gasteiger partial charge in [0, 0.05) is 37.8 Å². The van der Waals surface area contributed by atoms with Gasteiger partial charge in [-0.3, -0.25) is 14.7 Å². The first kappa shape index (κ1) is 14.1. The maximum atomic E-state index is 12.7. The van der Waals surface area contributed by atoms with E-state index in [0.29, 0.717) is 13.1 Å². The second-order valence-electron chi connectivity index (χ2n) is 6.03. The van der Waals surface area contributed by atoms with E-state index in [4.69, 9.17) is 5.73 Å². The number of aromatic nitrogens is 2. The molecule has 7 nitrogen and oxygen atoms in total. The van der Waals surface area contributed by atoms with Crippen molar-refractivity contribution in [1.82, 2.24) is 15.1 Å². The number of anilines is 1. The summed E-state index contributed by atoms with van der Waals surface area (Å²) in [4.78, 5) is 28.3. The summed E-state index contributed by atoms with van der Waals surface area (Å²) in [5, 5.41) is 6.55. The lowest BCUT2D eigenvalue weighted by atomic mass is 9.96. The third-order valence-electron chi connectivity index (χ3n) is 4.47. The second-order valence-corrected chi connectivity index (χ2v) is 6.03. The smallest absolute Gasteiger partial charge is 0.228 e. The Kier molecular flexibility index (Phi) is 3.67. The fraction of sp³-hybridized carbons (Fsp3) is 0.643. The quantitative estimate of drug-likeness (QED) is 0.808. The van der Waals surface area contributed by atoms with Crippen molar-refractivity contribution in [3.8, 4) is 0 Å². The normalized spacial score (nSPS) is 30.0. The topological polar surface area (TPSA) is 95.3 Å². The van der Waals surface area contributed by atoms with Crippen LogP contribution in [0.25, 0.3) is 0 Å². The lowest BCUT2D eigenvalue weighted by Gasteiger charge is -2.37. The van der Waals surface area contributed by atoms with Crippen LogP contribution in [0.2, 0.25) is 0 Å². The molecule has 0 aromatic carbocycles. The number of nitrogens with zero attached hydrogens (tertiary/aromatic N) is 3. The third kappa shape index (κ3) is 2.65. The summed E-state index contributed by atoms with van der Waals surface area (Å²) in [7, 11) is 0. The number of hydrogen-bond donors (Lipinski definition) is 2. The molecule has 0 unspecified atom stereocenters. The summed E-state index contributed by atoms with van der Waals surface area (Å²) < 4.78 is 0. The fourth-order valence-corrected chi connectivity index (χ4v) is 3.28. The zero-order chi connectivity index (χ0) is 15.0. The van der Waals surface area contributed by atoms with Crippen LogP contribution in [0.3, 0.4) is 0 Å². The predicted octanol–water partition coefficient (Wildman–Crippen LogP) is 0.101. The van der Waals surface area contributed by atoms with Crippen LogP contribution in [-0.2, 0) is 9.59 Å². The average molecular weight is 291 g/mol. The molecule has 0 radical (unpaired) electrons. The number of H-pyrrole nitrogens is 1. The number of carbonyl (C=O) groups excluding carboxylic acids is 2. The van der Waals surface area contributed by atoms with Gasteiger partial charge in [-0.25, -0.2) is 0 Å². The Hall–Kier alpha value is -1.89. The van der Waals surface area contributed by atoms with Gasteiger partial charge in [-0.15, -0.1) is 0 Å². The summed E-state index contributed by atoms with van der Waals surface area (Å²) in [6, 6.07) is 0.330. The number of aromatic amines is 1. The number of carbonyl (C=O) groups is 2. The zero-order valence-corrected chi connectivity index (χ0v) is 12.2. The molecule has 0 spiro atoms. The molecule has 2 amide bonds. The first-order valence-electron chi connectivity index (χ1n) is 7.41. The second kappa shape index (κ2) is 5.48. The molecule has 2 aliphatic heterocycles. The molecule has 0 aliphatic carbocycles. The first-order chi connectivity index (χ1) is 10.1. The number of nitrogens with one attached hydrogen (secondary N) is 1. The summed E-state index contributed by atoms with van der Waals surface area (Å²) in [6.45, 7) is 3.16. The van der Waals surface area contributed by atoms with Gasteiger partial charge >= 0.3 is 0 Å². The van der Waals surface area contributed by atoms with E-state index in [9.17, 15) is 9.59 Å². The molecule has 3 atom stereocenters. The van der Waals surface area contributed by atoms with Gasteiger partial charge in [0.1, 0.15) is 0 Å². The number of rotatable bonds is 2. The van der Waals surface area contributed by atoms with Gasteiger partial charge in [0.25, 0.3) is 0 Å². The predicted molar refractivity (Wildman–Crippen MR) is 77.4 cm³/mol. The molecule has 0 bridgehead atoms. The van der Waals surface area contributed by atoms with Crippen LogP contribution in [0.15, 0.2) is 12.4 Å². The lowest BCUT2D eigenvalue weighted by molar-refractivity contribution is -0.139. The SMILES string of the molecule is C[C@@H]1C[C@H](N)CCN1C(=O)[C@@H]1CC(=O)N(c2cn[nH]c2)C1. The first-order valence-corrected chi connectivity index (χ1v) is 7.41. The Morgan fingerprint density at radius 3 is 3.00 bits per heavy atom. The van der Waals surface area contributed by atoms with Crippen LogP contribution >= 0.6 is 0 Å². The van der Waals surface area contributed by atoms with Gasteiger partial charge in [0.05, 0.1) is 17.8 Å². The van der Waals surface area contributed by atoms with Gasteiger partial charge < -0.3 is 15.5 Å². The molecule has 1 aromatic rings. The third-order valence-corrected chi connectivity index (χ3v) is 4.47. The van der Waals surface area contributed by atoms with Crippen molar-refractivity contribution >= 4 is 17.5 Å². The molecule has 3 heterocycles. The van der Waals surface area contributed by atoms with Crippen molar-refractivity contribution in [2.24, 2.45) is 11.7 Å². The van der Waals surface area contributed by atoms with Crippen LogP contribution in [0.4, 0.5) is 5.69 Å². The minimum absolute atomic E-state index is 0.0175. The van der Waals surface area contributed by atoms with Gasteiger partial charge in [-0.2, -0.15) is 5.10 Å². The zero-order valence-electron chi connectivity index (χ0n) is 12.2. The van der Waals surface area contributed by atoms with Crippen LogP contribution < -0.4 is 10.6 Å². The molecule has 114 valence electrons. The molecule has 2 aliphatic rings. The molecule has 7 heteroatoms. The fourth-order valence-electron chi connectivity index (χ4n) is 3.28. The van der Waals surface area contributed by atoms with E-state index in [0.717, 1.165) is 18.5 Å². The van der Waals surface area contributed by atoms with E-state index in [1.54, 1.807) is 17.3 Å². The molecule has 2 fully saturated rings. The highest BCUT2D eigenvalue weighted by Gasteiger charge is 2.39. The van der Waals surface area contributed by atoms with E-state index in [1.165, 1.54) is 0 Å². The monoisotopic (exact) mass is 291 g/mol. The Bertz CT molecular complexity index is 529. The average Bonchev–Trinajstić information content (AvgIpc) is 3.07. The molecular formula is C14H21N5O2. The van der Waals surface area contributed by atoms with E-state index in [1.807, 2.05) is 11.8 Å². The highest BCUT2D eigenvalue weighted by Crippen LogP contribution is 2.27. The maximum absolute atomic E-state index is 12.7. The summed E-state index contributed by atoms with van der Waals surface area (Å²) in [6.07, 6.45) is 5.22. The van der Waals surface area contributed by atoms with Gasteiger partial charge in [0.15, 0.2) is 0 Å². The number of hydrogen-bond acceptors (Lipinski definition) is 4. The Labute approximate surface area is 123 Å². The summed E-state index contributed by atoms with van der Waals surface area (Å²) >= 11 is 0. The number of likely N-dealkylation sites (tertiary alicyclic amines) is 1. The molecular weight excluding hydrogens is 270 g/mol. The van der Waals surface area contributed by atoms with Gasteiger partial charge in [0.2, 0.25) is 11.8 Å². The minimum Gasteiger partial charge on any atom is -0.340 e. The minimum atomic E-state index is -0.260. The van der Waals surface area contributed by atoms with Crippen molar-refractivity contribution in [2.75, 3.05) is 18.0 Å². The Morgan fingerprint density at radius 1 is 1.52 bits per heavy atom. The van der Waals surface area contributed by atoms with Gasteiger partial charge in [-0.05, 0) is 19.8 Å². The van der Waals surface area contributed by atoms with Crippen LogP contribution in [-0.4, -0.2) is 52.1 Å². The molecule has 0 saturated carbocycles. The summed E-state index contributed by atoms with van der Waals surface area (Å²) in [5.41, 5.74) is 6.66.